The third-order valence-corrected chi connectivity index (χ3v) is 10.9. The summed E-state index contributed by atoms with van der Waals surface area (Å²) in [4.78, 5) is 37.7. The average molecular weight is 850 g/mol. The largest absolute Gasteiger partial charge is 0.399 e. The van der Waals surface area contributed by atoms with Crippen LogP contribution in [0.4, 0.5) is 11.4 Å². The van der Waals surface area contributed by atoms with Gasteiger partial charge in [-0.1, -0.05) is 73.1 Å². The molecule has 2 fully saturated rings. The average Bonchev–Trinajstić information content (AvgIpc) is 4.18. The van der Waals surface area contributed by atoms with Gasteiger partial charge in [-0.15, -0.1) is 0 Å². The van der Waals surface area contributed by atoms with Crippen LogP contribution in [-0.4, -0.2) is 102 Å². The van der Waals surface area contributed by atoms with Crippen molar-refractivity contribution in [2.24, 2.45) is 11.8 Å². The van der Waals surface area contributed by atoms with E-state index in [4.69, 9.17) is 5.73 Å². The fourth-order valence-electron chi connectivity index (χ4n) is 6.51. The number of hydrogen-bond donors (Lipinski definition) is 2. The highest BCUT2D eigenvalue weighted by molar-refractivity contribution is 9.09. The van der Waals surface area contributed by atoms with E-state index in [1.165, 1.54) is 0 Å². The van der Waals surface area contributed by atoms with E-state index in [1.54, 1.807) is 4.52 Å². The van der Waals surface area contributed by atoms with Gasteiger partial charge in [0.05, 0.1) is 24.2 Å². The molecule has 4 aromatic heterocycles. The normalized spacial score (nSPS) is 13.6. The predicted molar refractivity (Wildman–Crippen MR) is 237 cm³/mol. The number of ketones is 2. The number of alkyl halides is 1. The molecule has 58 heavy (non-hydrogen) atoms. The summed E-state index contributed by atoms with van der Waals surface area (Å²) in [5.41, 5.74) is 13.1. The molecule has 0 bridgehead atoms. The second-order valence-electron chi connectivity index (χ2n) is 15.0. The van der Waals surface area contributed by atoms with Crippen LogP contribution in [0.25, 0.3) is 33.8 Å². The number of anilines is 2. The van der Waals surface area contributed by atoms with Crippen LogP contribution in [0, 0.1) is 11.8 Å². The molecule has 0 radical (unpaired) electrons. The zero-order chi connectivity index (χ0) is 41.0. The van der Waals surface area contributed by atoms with E-state index < -0.39 is 0 Å². The maximum Gasteiger partial charge on any atom is 0.159 e. The van der Waals surface area contributed by atoms with Gasteiger partial charge in [-0.05, 0) is 101 Å². The van der Waals surface area contributed by atoms with Crippen LogP contribution in [0.15, 0.2) is 84.9 Å². The number of hydrogen-bond acceptors (Lipinski definition) is 10. The molecule has 12 nitrogen and oxygen atoms in total. The molecule has 0 atom stereocenters. The van der Waals surface area contributed by atoms with Gasteiger partial charge in [-0.25, -0.2) is 19.0 Å². The lowest BCUT2D eigenvalue weighted by Gasteiger charge is -2.18. The van der Waals surface area contributed by atoms with Crippen molar-refractivity contribution in [1.82, 2.24) is 39.0 Å². The molecule has 0 aliphatic heterocycles. The standard InChI is InChI=1S/C23H29N5O.C17H16N4O.C5H12BrN/c1-3-27(4-2)15-14-24-19-12-10-17(11-13-19)20-6-5-7-23-25-22(26-28(20)23)16-21(29)18-8-9-18;18-13-8-6-11(7-9-13)14-2-1-3-17-19-16(20-21(14)17)10-15(22)12-4-5-12;1-3-7(2)5-4-6/h5-7,10-13,18,24H,3-4,8-9,14-16H2,1-2H3;1-3,6-9,12H,4-5,10,18H2;3-5H2,1-2H3. The van der Waals surface area contributed by atoms with Crippen molar-refractivity contribution in [3.8, 4) is 22.5 Å². The summed E-state index contributed by atoms with van der Waals surface area (Å²) in [6.07, 6.45) is 4.74. The predicted octanol–water partition coefficient (Wildman–Crippen LogP) is 7.50. The number of carbonyl (C=O) groups excluding carboxylic acids is 2. The Labute approximate surface area is 350 Å². The number of rotatable bonds is 17. The minimum absolute atomic E-state index is 0.239. The Morgan fingerprint density at radius 1 is 0.707 bits per heavy atom. The van der Waals surface area contributed by atoms with Crippen LogP contribution in [-0.2, 0) is 22.4 Å². The Morgan fingerprint density at radius 3 is 1.60 bits per heavy atom. The molecule has 13 heteroatoms. The van der Waals surface area contributed by atoms with Gasteiger partial charge >= 0.3 is 0 Å². The second-order valence-corrected chi connectivity index (χ2v) is 15.8. The quantitative estimate of drug-likeness (QED) is 0.0701. The summed E-state index contributed by atoms with van der Waals surface area (Å²) < 4.78 is 3.64. The minimum atomic E-state index is 0.239. The number of Topliss-reactive ketones (excluding diaryl/α,β-unsaturated/α-hetero) is 2. The number of nitrogens with zero attached hydrogens (tertiary/aromatic N) is 8. The van der Waals surface area contributed by atoms with E-state index in [9.17, 15) is 9.59 Å². The van der Waals surface area contributed by atoms with E-state index in [1.807, 2.05) is 65.2 Å². The van der Waals surface area contributed by atoms with Crippen molar-refractivity contribution in [3.05, 3.63) is 96.6 Å². The van der Waals surface area contributed by atoms with Crippen LogP contribution in [0.2, 0.25) is 0 Å². The summed E-state index contributed by atoms with van der Waals surface area (Å²) >= 11 is 3.35. The smallest absolute Gasteiger partial charge is 0.159 e. The van der Waals surface area contributed by atoms with Crippen LogP contribution >= 0.6 is 15.9 Å². The fourth-order valence-corrected chi connectivity index (χ4v) is 7.12. The highest BCUT2D eigenvalue weighted by Gasteiger charge is 2.31. The molecule has 0 spiro atoms. The van der Waals surface area contributed by atoms with Gasteiger partial charge in [0.2, 0.25) is 0 Å². The zero-order valence-electron chi connectivity index (χ0n) is 34.3. The number of nitrogens with one attached hydrogen (secondary N) is 1. The molecule has 2 saturated carbocycles. The van der Waals surface area contributed by atoms with Crippen molar-refractivity contribution < 1.29 is 9.59 Å². The van der Waals surface area contributed by atoms with E-state index in [0.29, 0.717) is 24.5 Å². The first-order valence-corrected chi connectivity index (χ1v) is 21.7. The molecular formula is C45H57BrN10O2. The van der Waals surface area contributed by atoms with E-state index in [0.717, 1.165) is 115 Å². The first kappa shape index (κ1) is 42.6. The molecule has 2 aromatic carbocycles. The summed E-state index contributed by atoms with van der Waals surface area (Å²) in [5.74, 6) is 2.21. The molecule has 8 rings (SSSR count). The summed E-state index contributed by atoms with van der Waals surface area (Å²) in [6.45, 7) is 12.9. The van der Waals surface area contributed by atoms with Gasteiger partial charge in [0, 0.05) is 59.3 Å². The Morgan fingerprint density at radius 2 is 1.19 bits per heavy atom. The molecule has 306 valence electrons. The van der Waals surface area contributed by atoms with Gasteiger partial charge in [-0.2, -0.15) is 10.2 Å². The van der Waals surface area contributed by atoms with Crippen molar-refractivity contribution in [2.45, 2.75) is 59.3 Å². The van der Waals surface area contributed by atoms with Gasteiger partial charge in [0.15, 0.2) is 22.9 Å². The Balaban J connectivity index is 0.000000172. The number of nitrogens with two attached hydrogens (primary N) is 1. The van der Waals surface area contributed by atoms with Crippen molar-refractivity contribution in [2.75, 3.05) is 62.7 Å². The lowest BCUT2D eigenvalue weighted by molar-refractivity contribution is -0.120. The number of likely N-dealkylation sites (N-methyl/N-ethyl adjacent to an activating group) is 1. The third kappa shape index (κ3) is 11.8. The summed E-state index contributed by atoms with van der Waals surface area (Å²) in [6, 6.07) is 27.9. The van der Waals surface area contributed by atoms with Crippen molar-refractivity contribution in [1.29, 1.82) is 0 Å². The van der Waals surface area contributed by atoms with Crippen molar-refractivity contribution in [3.63, 3.8) is 0 Å². The van der Waals surface area contributed by atoms with E-state index >= 15 is 0 Å². The number of carbonyl (C=O) groups is 2. The summed E-state index contributed by atoms with van der Waals surface area (Å²) in [7, 11) is 2.11. The molecule has 0 amide bonds. The fraction of sp³-hybridized carbons (Fsp3) is 0.422. The Kier molecular flexibility index (Phi) is 15.2. The topological polar surface area (TPSA) is 139 Å². The minimum Gasteiger partial charge on any atom is -0.399 e. The van der Waals surface area contributed by atoms with Crippen molar-refractivity contribution >= 4 is 50.2 Å². The second kappa shape index (κ2) is 20.6. The lowest BCUT2D eigenvalue weighted by atomic mass is 10.1. The maximum atomic E-state index is 12.1. The Bertz CT molecular complexity index is 2240. The number of nitrogen functional groups attached to an aromatic ring is 1. The van der Waals surface area contributed by atoms with E-state index in [2.05, 4.69) is 103 Å². The SMILES string of the molecule is CCN(C)CCBr.CCN(CC)CCNc1ccc(-c2cccc3nc(CC(=O)C4CC4)nn23)cc1.Nc1ccc(-c2cccc3nc(CC(=O)C4CC4)nn23)cc1. The number of benzene rings is 2. The number of halogens is 1. The first-order chi connectivity index (χ1) is 28.2. The highest BCUT2D eigenvalue weighted by Crippen LogP contribution is 2.32. The number of pyridine rings is 2. The van der Waals surface area contributed by atoms with E-state index in [-0.39, 0.29) is 23.4 Å². The molecule has 0 saturated heterocycles. The third-order valence-electron chi connectivity index (χ3n) is 10.6. The summed E-state index contributed by atoms with van der Waals surface area (Å²) in [5, 5.41) is 13.7. The Hall–Kier alpha value is -4.98. The monoisotopic (exact) mass is 848 g/mol. The maximum absolute atomic E-state index is 12.1. The molecule has 4 heterocycles. The van der Waals surface area contributed by atoms with Crippen LogP contribution in [0.1, 0.15) is 58.1 Å². The highest BCUT2D eigenvalue weighted by atomic mass is 79.9. The molecule has 0 unspecified atom stereocenters. The van der Waals surface area contributed by atoms with Crippen LogP contribution in [0.3, 0.4) is 0 Å². The van der Waals surface area contributed by atoms with Crippen LogP contribution < -0.4 is 11.1 Å². The zero-order valence-corrected chi connectivity index (χ0v) is 35.9. The van der Waals surface area contributed by atoms with Crippen LogP contribution in [0.5, 0.6) is 0 Å². The van der Waals surface area contributed by atoms with Gasteiger partial charge in [-0.3, -0.25) is 9.59 Å². The van der Waals surface area contributed by atoms with Gasteiger partial charge in [0.1, 0.15) is 11.6 Å². The molecule has 3 N–H and O–H groups in total. The molecule has 2 aliphatic carbocycles. The van der Waals surface area contributed by atoms with Gasteiger partial charge < -0.3 is 20.9 Å². The van der Waals surface area contributed by atoms with Gasteiger partial charge in [0.25, 0.3) is 0 Å². The molecule has 6 aromatic rings. The molecular weight excluding hydrogens is 792 g/mol. The lowest BCUT2D eigenvalue weighted by Crippen LogP contribution is -2.28. The number of fused-ring (bicyclic) bond motifs is 2. The number of aromatic nitrogens is 6. The molecule has 2 aliphatic rings. The first-order valence-electron chi connectivity index (χ1n) is 20.6.